The second-order valence-electron chi connectivity index (χ2n) is 9.41. The van der Waals surface area contributed by atoms with E-state index in [9.17, 15) is 22.8 Å². The molecule has 0 spiro atoms. The molecule has 1 amide bonds. The second kappa shape index (κ2) is 12.5. The van der Waals surface area contributed by atoms with Gasteiger partial charge in [-0.2, -0.15) is 22.9 Å². The molecule has 0 fully saturated rings. The van der Waals surface area contributed by atoms with Crippen molar-refractivity contribution in [2.24, 2.45) is 5.10 Å². The number of hydrogen-bond acceptors (Lipinski definition) is 5. The molecule has 4 aromatic carbocycles. The molecule has 0 saturated heterocycles. The number of aryl methyl sites for hydroxylation is 1. The molecule has 7 nitrogen and oxygen atoms in total. The van der Waals surface area contributed by atoms with E-state index in [2.05, 4.69) is 47.3 Å². The first-order valence-corrected chi connectivity index (χ1v) is 14.3. The molecular formula is C31H21Br2F3N4O3. The molecule has 0 aliphatic carbocycles. The minimum absolute atomic E-state index is 0.0521. The number of rotatable bonds is 7. The number of carbonyl (C=O) groups is 1. The van der Waals surface area contributed by atoms with E-state index in [4.69, 9.17) is 4.74 Å². The quantitative estimate of drug-likeness (QED) is 0.174. The Labute approximate surface area is 260 Å². The monoisotopic (exact) mass is 712 g/mol. The summed E-state index contributed by atoms with van der Waals surface area (Å²) >= 11 is 6.88. The zero-order chi connectivity index (χ0) is 30.7. The number of halogens is 5. The van der Waals surface area contributed by atoms with Crippen LogP contribution in [0.2, 0.25) is 0 Å². The Hall–Kier alpha value is -4.29. The number of hydrogen-bond donors (Lipinski definition) is 1. The summed E-state index contributed by atoms with van der Waals surface area (Å²) in [7, 11) is 0. The molecule has 5 rings (SSSR count). The molecule has 218 valence electrons. The van der Waals surface area contributed by atoms with Crippen molar-refractivity contribution in [2.75, 3.05) is 11.9 Å². The average molecular weight is 714 g/mol. The largest absolute Gasteiger partial charge is 0.481 e. The van der Waals surface area contributed by atoms with Crippen LogP contribution in [-0.2, 0) is 11.0 Å². The van der Waals surface area contributed by atoms with E-state index in [0.29, 0.717) is 31.5 Å². The number of fused-ring (bicyclic) bond motifs is 1. The molecule has 0 unspecified atom stereocenters. The van der Waals surface area contributed by atoms with Gasteiger partial charge in [0.25, 0.3) is 11.5 Å². The molecule has 1 aromatic heterocycles. The molecule has 12 heteroatoms. The van der Waals surface area contributed by atoms with Gasteiger partial charge in [0.2, 0.25) is 0 Å². The number of anilines is 1. The Morgan fingerprint density at radius 1 is 1.00 bits per heavy atom. The third kappa shape index (κ3) is 7.03. The summed E-state index contributed by atoms with van der Waals surface area (Å²) in [6.07, 6.45) is -3.21. The van der Waals surface area contributed by atoms with Gasteiger partial charge in [0, 0.05) is 11.3 Å². The van der Waals surface area contributed by atoms with Crippen LogP contribution in [0.5, 0.6) is 5.75 Å². The van der Waals surface area contributed by atoms with E-state index in [-0.39, 0.29) is 29.3 Å². The number of amides is 1. The molecule has 0 radical (unpaired) electrons. The lowest BCUT2D eigenvalue weighted by molar-refractivity contribution is -0.137. The highest BCUT2D eigenvalue weighted by Crippen LogP contribution is 2.35. The van der Waals surface area contributed by atoms with Crippen LogP contribution in [0, 0.1) is 6.92 Å². The molecule has 5 aromatic rings. The lowest BCUT2D eigenvalue weighted by atomic mass is 10.1. The van der Waals surface area contributed by atoms with Crippen molar-refractivity contribution in [3.05, 3.63) is 121 Å². The number of nitrogens with one attached hydrogen (secondary N) is 1. The van der Waals surface area contributed by atoms with Crippen LogP contribution in [0.15, 0.2) is 104 Å². The topological polar surface area (TPSA) is 85.6 Å². The lowest BCUT2D eigenvalue weighted by Gasteiger charge is -2.13. The van der Waals surface area contributed by atoms with Crippen LogP contribution in [0.4, 0.5) is 18.9 Å². The van der Waals surface area contributed by atoms with E-state index in [1.807, 2.05) is 19.1 Å². The molecule has 0 saturated carbocycles. The van der Waals surface area contributed by atoms with Crippen molar-refractivity contribution in [3.63, 3.8) is 0 Å². The number of carbonyl (C=O) groups excluding carboxylic acids is 1. The van der Waals surface area contributed by atoms with Crippen molar-refractivity contribution in [1.82, 2.24) is 9.66 Å². The molecule has 0 bridgehead atoms. The van der Waals surface area contributed by atoms with Gasteiger partial charge in [-0.1, -0.05) is 42.0 Å². The highest BCUT2D eigenvalue weighted by Gasteiger charge is 2.31. The summed E-state index contributed by atoms with van der Waals surface area (Å²) in [5.41, 5.74) is 1.21. The zero-order valence-corrected chi connectivity index (χ0v) is 25.5. The molecule has 1 N–H and O–H groups in total. The average Bonchev–Trinajstić information content (AvgIpc) is 2.97. The minimum Gasteiger partial charge on any atom is -0.481 e. The summed E-state index contributed by atoms with van der Waals surface area (Å²) in [5, 5.41) is 7.34. The zero-order valence-electron chi connectivity index (χ0n) is 22.3. The summed E-state index contributed by atoms with van der Waals surface area (Å²) < 4.78 is 48.0. The minimum atomic E-state index is -4.58. The summed E-state index contributed by atoms with van der Waals surface area (Å²) in [6, 6.07) is 21.8. The van der Waals surface area contributed by atoms with Crippen LogP contribution < -0.4 is 15.6 Å². The van der Waals surface area contributed by atoms with Gasteiger partial charge in [-0.15, -0.1) is 0 Å². The number of nitrogens with zero attached hydrogens (tertiary/aromatic N) is 3. The van der Waals surface area contributed by atoms with E-state index in [0.717, 1.165) is 22.4 Å². The second-order valence-corrected chi connectivity index (χ2v) is 11.1. The molecular weight excluding hydrogens is 693 g/mol. The SMILES string of the molecule is Cc1ccc(NC(=O)COc2c(Br)cc(C=Nn3c(-c4cccc(C(F)(F)F)c4)nc4ccccc4c3=O)cc2Br)cc1. The fourth-order valence-electron chi connectivity index (χ4n) is 4.14. The standard InChI is InChI=1S/C31H21Br2F3N4O3/c1-18-9-11-22(12-10-18)38-27(41)17-43-28-24(32)13-19(14-25(28)33)16-37-40-29(20-5-4-6-21(15-20)31(34,35)36)39-26-8-3-2-7-23(26)30(40)42/h2-16H,17H2,1H3,(H,38,41). The molecule has 1 heterocycles. The Morgan fingerprint density at radius 3 is 2.40 bits per heavy atom. The number of alkyl halides is 3. The van der Waals surface area contributed by atoms with Gasteiger partial charge in [-0.05, 0) is 92.9 Å². The summed E-state index contributed by atoms with van der Waals surface area (Å²) in [6.45, 7) is 1.70. The van der Waals surface area contributed by atoms with Crippen LogP contribution in [0.25, 0.3) is 22.3 Å². The van der Waals surface area contributed by atoms with Crippen LogP contribution in [-0.4, -0.2) is 28.4 Å². The van der Waals surface area contributed by atoms with Crippen LogP contribution in [0.1, 0.15) is 16.7 Å². The van der Waals surface area contributed by atoms with Crippen LogP contribution in [0.3, 0.4) is 0 Å². The summed E-state index contributed by atoms with van der Waals surface area (Å²) in [5.74, 6) is -0.0345. The highest BCUT2D eigenvalue weighted by atomic mass is 79.9. The first-order chi connectivity index (χ1) is 20.5. The number of ether oxygens (including phenoxy) is 1. The van der Waals surface area contributed by atoms with Gasteiger partial charge < -0.3 is 10.1 Å². The third-order valence-electron chi connectivity index (χ3n) is 6.23. The van der Waals surface area contributed by atoms with Crippen molar-refractivity contribution >= 4 is 60.6 Å². The van der Waals surface area contributed by atoms with Gasteiger partial charge in [0.15, 0.2) is 12.4 Å². The smallest absolute Gasteiger partial charge is 0.416 e. The Morgan fingerprint density at radius 2 is 1.70 bits per heavy atom. The van der Waals surface area contributed by atoms with E-state index in [1.54, 1.807) is 48.5 Å². The number of benzene rings is 4. The number of para-hydroxylation sites is 1. The third-order valence-corrected chi connectivity index (χ3v) is 7.41. The predicted molar refractivity (Wildman–Crippen MR) is 167 cm³/mol. The van der Waals surface area contributed by atoms with Gasteiger partial charge in [-0.25, -0.2) is 4.98 Å². The van der Waals surface area contributed by atoms with Crippen molar-refractivity contribution < 1.29 is 22.7 Å². The van der Waals surface area contributed by atoms with Gasteiger partial charge in [-0.3, -0.25) is 9.59 Å². The molecule has 0 aliphatic heterocycles. The maximum absolute atomic E-state index is 13.4. The van der Waals surface area contributed by atoms with E-state index in [1.165, 1.54) is 18.3 Å². The Bertz CT molecular complexity index is 1900. The number of aromatic nitrogens is 2. The van der Waals surface area contributed by atoms with Crippen molar-refractivity contribution in [1.29, 1.82) is 0 Å². The van der Waals surface area contributed by atoms with Crippen molar-refractivity contribution in [3.8, 4) is 17.1 Å². The highest BCUT2D eigenvalue weighted by molar-refractivity contribution is 9.11. The fourth-order valence-corrected chi connectivity index (χ4v) is 5.59. The van der Waals surface area contributed by atoms with E-state index >= 15 is 0 Å². The first kappa shape index (κ1) is 30.2. The lowest BCUT2D eigenvalue weighted by Crippen LogP contribution is -2.20. The summed E-state index contributed by atoms with van der Waals surface area (Å²) in [4.78, 5) is 30.3. The van der Waals surface area contributed by atoms with Gasteiger partial charge >= 0.3 is 6.18 Å². The predicted octanol–water partition coefficient (Wildman–Crippen LogP) is 7.82. The molecule has 0 atom stereocenters. The van der Waals surface area contributed by atoms with Gasteiger partial charge in [0.05, 0.1) is 31.6 Å². The maximum atomic E-state index is 13.4. The molecule has 43 heavy (non-hydrogen) atoms. The first-order valence-electron chi connectivity index (χ1n) is 12.7. The Kier molecular flexibility index (Phi) is 8.79. The fraction of sp³-hybridized carbons (Fsp3) is 0.0968. The maximum Gasteiger partial charge on any atom is 0.416 e. The normalized spacial score (nSPS) is 11.7. The van der Waals surface area contributed by atoms with E-state index < -0.39 is 17.3 Å². The van der Waals surface area contributed by atoms with Crippen LogP contribution >= 0.6 is 31.9 Å². The van der Waals surface area contributed by atoms with Crippen molar-refractivity contribution in [2.45, 2.75) is 13.1 Å². The Balaban J connectivity index is 1.44. The molecule has 0 aliphatic rings. The van der Waals surface area contributed by atoms with Gasteiger partial charge in [0.1, 0.15) is 5.75 Å².